The van der Waals surface area contributed by atoms with Crippen LogP contribution in [-0.2, 0) is 6.42 Å². The van der Waals surface area contributed by atoms with Crippen molar-refractivity contribution >= 4 is 11.7 Å². The van der Waals surface area contributed by atoms with Crippen molar-refractivity contribution in [3.05, 3.63) is 29.8 Å². The highest BCUT2D eigenvalue weighted by molar-refractivity contribution is 5.91. The molecule has 0 unspecified atom stereocenters. The van der Waals surface area contributed by atoms with Gasteiger partial charge in [-0.2, -0.15) is 5.10 Å². The number of amides is 1. The van der Waals surface area contributed by atoms with E-state index in [1.165, 1.54) is 11.2 Å². The highest BCUT2D eigenvalue weighted by Gasteiger charge is 2.15. The topological polar surface area (TPSA) is 75.9 Å². The monoisotopic (exact) mass is 274 g/mol. The van der Waals surface area contributed by atoms with Crippen LogP contribution < -0.4 is 5.32 Å². The van der Waals surface area contributed by atoms with Crippen LogP contribution in [0.2, 0.25) is 0 Å². The molecule has 20 heavy (non-hydrogen) atoms. The fraction of sp³-hybridized carbons (Fsp3) is 0.385. The molecule has 0 radical (unpaired) electrons. The van der Waals surface area contributed by atoms with Gasteiger partial charge in [0.25, 0.3) is 5.91 Å². The fourth-order valence-corrected chi connectivity index (χ4v) is 1.93. The molecular weight excluding hydrogens is 256 g/mol. The van der Waals surface area contributed by atoms with Crippen molar-refractivity contribution < 1.29 is 4.79 Å². The number of carbonyl (C=O) groups is 1. The molecule has 0 aromatic carbocycles. The number of hydrogen-bond donors (Lipinski definition) is 1. The Labute approximate surface area is 117 Å². The van der Waals surface area contributed by atoms with Crippen LogP contribution in [0.15, 0.2) is 18.6 Å². The van der Waals surface area contributed by atoms with E-state index in [0.29, 0.717) is 11.5 Å². The molecule has 0 bridgehead atoms. The van der Waals surface area contributed by atoms with Crippen LogP contribution >= 0.6 is 0 Å². The van der Waals surface area contributed by atoms with Crippen molar-refractivity contribution in [2.45, 2.75) is 13.3 Å². The zero-order valence-electron chi connectivity index (χ0n) is 12.1. The first-order chi connectivity index (χ1) is 9.58. The van der Waals surface area contributed by atoms with Gasteiger partial charge < -0.3 is 10.2 Å². The van der Waals surface area contributed by atoms with Crippen molar-refractivity contribution in [3.63, 3.8) is 0 Å². The van der Waals surface area contributed by atoms with Crippen LogP contribution in [0.1, 0.15) is 23.0 Å². The highest BCUT2D eigenvalue weighted by atomic mass is 16.2. The van der Waals surface area contributed by atoms with Crippen LogP contribution in [0.5, 0.6) is 0 Å². The minimum absolute atomic E-state index is 0.135. The molecule has 0 atom stereocenters. The lowest BCUT2D eigenvalue weighted by Crippen LogP contribution is -2.22. The molecule has 0 aliphatic carbocycles. The summed E-state index contributed by atoms with van der Waals surface area (Å²) < 4.78 is 1.61. The minimum Gasteiger partial charge on any atom is -0.373 e. The Bertz CT molecular complexity index is 619. The third-order valence-electron chi connectivity index (χ3n) is 2.94. The number of hydrogen-bond acceptors (Lipinski definition) is 5. The summed E-state index contributed by atoms with van der Waals surface area (Å²) in [6.07, 6.45) is 3.98. The van der Waals surface area contributed by atoms with E-state index in [1.807, 2.05) is 14.0 Å². The Kier molecular flexibility index (Phi) is 3.97. The van der Waals surface area contributed by atoms with E-state index >= 15 is 0 Å². The van der Waals surface area contributed by atoms with Gasteiger partial charge >= 0.3 is 0 Å². The maximum Gasteiger partial charge on any atom is 0.273 e. The lowest BCUT2D eigenvalue weighted by Gasteiger charge is -2.11. The van der Waals surface area contributed by atoms with E-state index in [4.69, 9.17) is 0 Å². The number of aromatic nitrogens is 4. The Balaban J connectivity index is 2.45. The smallest absolute Gasteiger partial charge is 0.273 e. The Morgan fingerprint density at radius 3 is 2.75 bits per heavy atom. The molecule has 0 aliphatic heterocycles. The molecular formula is C13H18N6O. The molecule has 2 aromatic rings. The Hall–Kier alpha value is -2.44. The van der Waals surface area contributed by atoms with Gasteiger partial charge in [0.05, 0.1) is 0 Å². The van der Waals surface area contributed by atoms with Crippen LogP contribution in [0.3, 0.4) is 0 Å². The van der Waals surface area contributed by atoms with Crippen LogP contribution in [0, 0.1) is 0 Å². The average Bonchev–Trinajstić information content (AvgIpc) is 2.94. The van der Waals surface area contributed by atoms with Crippen LogP contribution in [0.25, 0.3) is 5.82 Å². The SMILES string of the molecule is CCc1c(NC)ncnc1-n1ccc(C(=O)N(C)C)n1. The minimum atomic E-state index is -0.135. The van der Waals surface area contributed by atoms with Gasteiger partial charge in [0.1, 0.15) is 12.1 Å². The van der Waals surface area contributed by atoms with E-state index in [-0.39, 0.29) is 5.91 Å². The predicted molar refractivity (Wildman–Crippen MR) is 76.1 cm³/mol. The number of nitrogens with one attached hydrogen (secondary N) is 1. The summed E-state index contributed by atoms with van der Waals surface area (Å²) in [5.41, 5.74) is 1.35. The number of carbonyl (C=O) groups excluding carboxylic acids is 1. The summed E-state index contributed by atoms with van der Waals surface area (Å²) in [6.45, 7) is 2.03. The molecule has 0 saturated carbocycles. The third kappa shape index (κ3) is 2.47. The molecule has 7 nitrogen and oxygen atoms in total. The van der Waals surface area contributed by atoms with Crippen molar-refractivity contribution in [1.82, 2.24) is 24.6 Å². The molecule has 7 heteroatoms. The largest absolute Gasteiger partial charge is 0.373 e. The van der Waals surface area contributed by atoms with Gasteiger partial charge in [-0.3, -0.25) is 4.79 Å². The van der Waals surface area contributed by atoms with Crippen molar-refractivity contribution in [1.29, 1.82) is 0 Å². The van der Waals surface area contributed by atoms with Crippen LogP contribution in [0.4, 0.5) is 5.82 Å². The number of anilines is 1. The van der Waals surface area contributed by atoms with Crippen molar-refractivity contribution in [2.75, 3.05) is 26.5 Å². The Morgan fingerprint density at radius 1 is 1.40 bits per heavy atom. The normalized spacial score (nSPS) is 10.4. The van der Waals surface area contributed by atoms with E-state index < -0.39 is 0 Å². The third-order valence-corrected chi connectivity index (χ3v) is 2.94. The summed E-state index contributed by atoms with van der Waals surface area (Å²) in [4.78, 5) is 21.8. The average molecular weight is 274 g/mol. The summed E-state index contributed by atoms with van der Waals surface area (Å²) in [7, 11) is 5.21. The first-order valence-corrected chi connectivity index (χ1v) is 6.37. The van der Waals surface area contributed by atoms with Gasteiger partial charge in [0, 0.05) is 32.9 Å². The summed E-state index contributed by atoms with van der Waals surface area (Å²) in [5.74, 6) is 1.32. The quantitative estimate of drug-likeness (QED) is 0.899. The molecule has 1 amide bonds. The molecule has 2 heterocycles. The zero-order valence-corrected chi connectivity index (χ0v) is 12.1. The van der Waals surface area contributed by atoms with Crippen LogP contribution in [-0.4, -0.2) is 51.7 Å². The van der Waals surface area contributed by atoms with E-state index in [9.17, 15) is 4.79 Å². The van der Waals surface area contributed by atoms with Gasteiger partial charge in [-0.05, 0) is 12.5 Å². The van der Waals surface area contributed by atoms with Gasteiger partial charge in [-0.1, -0.05) is 6.92 Å². The maximum absolute atomic E-state index is 11.9. The summed E-state index contributed by atoms with van der Waals surface area (Å²) >= 11 is 0. The molecule has 0 aliphatic rings. The Morgan fingerprint density at radius 2 is 2.15 bits per heavy atom. The zero-order chi connectivity index (χ0) is 14.7. The van der Waals surface area contributed by atoms with E-state index in [0.717, 1.165) is 17.8 Å². The van der Waals surface area contributed by atoms with Crippen molar-refractivity contribution in [3.8, 4) is 5.82 Å². The van der Waals surface area contributed by atoms with Gasteiger partial charge in [0.2, 0.25) is 0 Å². The fourth-order valence-electron chi connectivity index (χ4n) is 1.93. The molecule has 106 valence electrons. The second-order valence-corrected chi connectivity index (χ2v) is 4.47. The molecule has 2 aromatic heterocycles. The molecule has 0 spiro atoms. The molecule has 0 saturated heterocycles. The second-order valence-electron chi connectivity index (χ2n) is 4.47. The van der Waals surface area contributed by atoms with Gasteiger partial charge in [-0.25, -0.2) is 14.6 Å². The standard InChI is InChI=1S/C13H18N6O/c1-5-9-11(14-2)15-8-16-12(9)19-7-6-10(17-19)13(20)18(3)4/h6-8H,5H2,1-4H3,(H,14,15,16). The first-order valence-electron chi connectivity index (χ1n) is 6.37. The maximum atomic E-state index is 11.9. The van der Waals surface area contributed by atoms with Crippen molar-refractivity contribution in [2.24, 2.45) is 0 Å². The number of rotatable bonds is 4. The molecule has 0 fully saturated rings. The lowest BCUT2D eigenvalue weighted by molar-refractivity contribution is 0.0821. The summed E-state index contributed by atoms with van der Waals surface area (Å²) in [6, 6.07) is 1.68. The molecule has 1 N–H and O–H groups in total. The predicted octanol–water partition coefficient (Wildman–Crippen LogP) is 0.968. The lowest BCUT2D eigenvalue weighted by atomic mass is 10.2. The molecule has 2 rings (SSSR count). The van der Waals surface area contributed by atoms with E-state index in [2.05, 4.69) is 20.4 Å². The van der Waals surface area contributed by atoms with Gasteiger partial charge in [0.15, 0.2) is 11.5 Å². The first kappa shape index (κ1) is 14.0. The number of nitrogens with zero attached hydrogens (tertiary/aromatic N) is 5. The van der Waals surface area contributed by atoms with E-state index in [1.54, 1.807) is 31.0 Å². The second kappa shape index (κ2) is 5.68. The summed E-state index contributed by atoms with van der Waals surface area (Å²) in [5, 5.41) is 7.33. The highest BCUT2D eigenvalue weighted by Crippen LogP contribution is 2.18. The van der Waals surface area contributed by atoms with Gasteiger partial charge in [-0.15, -0.1) is 0 Å².